The van der Waals surface area contributed by atoms with Gasteiger partial charge in [0, 0.05) is 17.6 Å². The summed E-state index contributed by atoms with van der Waals surface area (Å²) in [5.41, 5.74) is 0.418. The van der Waals surface area contributed by atoms with E-state index in [-0.39, 0.29) is 11.7 Å². The van der Waals surface area contributed by atoms with E-state index in [1.807, 2.05) is 4.90 Å². The van der Waals surface area contributed by atoms with Gasteiger partial charge in [0.05, 0.1) is 5.56 Å². The lowest BCUT2D eigenvalue weighted by molar-refractivity contribution is 0.0785. The van der Waals surface area contributed by atoms with Gasteiger partial charge in [0.1, 0.15) is 5.82 Å². The number of likely N-dealkylation sites (tertiary alicyclic amines) is 1. The minimum absolute atomic E-state index is 0.0766. The molecule has 0 aromatic heterocycles. The molecule has 0 bridgehead atoms. The van der Waals surface area contributed by atoms with Gasteiger partial charge in [-0.3, -0.25) is 4.79 Å². The van der Waals surface area contributed by atoms with Gasteiger partial charge in [-0.25, -0.2) is 4.39 Å². The molecule has 1 unspecified atom stereocenters. The zero-order valence-corrected chi connectivity index (χ0v) is 11.3. The number of halogens is 2. The molecule has 1 aromatic rings. The molecule has 0 saturated carbocycles. The number of carbonyl (C=O) groups is 1. The molecule has 1 aliphatic heterocycles. The second-order valence-electron chi connectivity index (χ2n) is 4.44. The van der Waals surface area contributed by atoms with E-state index < -0.39 is 0 Å². The molecule has 1 fully saturated rings. The van der Waals surface area contributed by atoms with Crippen molar-refractivity contribution in [1.82, 2.24) is 4.90 Å². The van der Waals surface area contributed by atoms with Crippen LogP contribution in [0.3, 0.4) is 0 Å². The SMILES string of the molecule is CCC1CCN(C(=O)c2cc(F)ccc2Br)C1. The molecule has 1 aliphatic rings. The summed E-state index contributed by atoms with van der Waals surface area (Å²) in [6, 6.07) is 4.22. The maximum absolute atomic E-state index is 13.1. The summed E-state index contributed by atoms with van der Waals surface area (Å²) in [7, 11) is 0. The molecule has 1 aromatic carbocycles. The van der Waals surface area contributed by atoms with Crippen LogP contribution in [0, 0.1) is 11.7 Å². The van der Waals surface area contributed by atoms with Crippen LogP contribution in [-0.4, -0.2) is 23.9 Å². The van der Waals surface area contributed by atoms with Crippen molar-refractivity contribution in [3.05, 3.63) is 34.1 Å². The lowest BCUT2D eigenvalue weighted by Crippen LogP contribution is -2.29. The van der Waals surface area contributed by atoms with Crippen LogP contribution in [0.15, 0.2) is 22.7 Å². The van der Waals surface area contributed by atoms with Crippen molar-refractivity contribution in [1.29, 1.82) is 0 Å². The van der Waals surface area contributed by atoms with Crippen LogP contribution in [0.5, 0.6) is 0 Å². The summed E-state index contributed by atoms with van der Waals surface area (Å²) in [5, 5.41) is 0. The van der Waals surface area contributed by atoms with Crippen LogP contribution in [0.25, 0.3) is 0 Å². The Hall–Kier alpha value is -0.900. The Balaban J connectivity index is 2.17. The highest BCUT2D eigenvalue weighted by Gasteiger charge is 2.26. The molecular weight excluding hydrogens is 285 g/mol. The van der Waals surface area contributed by atoms with E-state index in [4.69, 9.17) is 0 Å². The fourth-order valence-corrected chi connectivity index (χ4v) is 2.60. The third-order valence-corrected chi connectivity index (χ3v) is 4.00. The van der Waals surface area contributed by atoms with Crippen LogP contribution in [0.4, 0.5) is 4.39 Å². The third kappa shape index (κ3) is 2.68. The van der Waals surface area contributed by atoms with E-state index in [0.717, 1.165) is 25.9 Å². The van der Waals surface area contributed by atoms with E-state index in [1.54, 1.807) is 6.07 Å². The topological polar surface area (TPSA) is 20.3 Å². The summed E-state index contributed by atoms with van der Waals surface area (Å²) >= 11 is 3.30. The van der Waals surface area contributed by atoms with E-state index >= 15 is 0 Å². The highest BCUT2D eigenvalue weighted by atomic mass is 79.9. The first kappa shape index (κ1) is 12.6. The number of nitrogens with zero attached hydrogens (tertiary/aromatic N) is 1. The molecule has 1 saturated heterocycles. The average molecular weight is 300 g/mol. The predicted molar refractivity (Wildman–Crippen MR) is 68.4 cm³/mol. The summed E-state index contributed by atoms with van der Waals surface area (Å²) in [6.45, 7) is 3.70. The summed E-state index contributed by atoms with van der Waals surface area (Å²) < 4.78 is 13.8. The number of carbonyl (C=O) groups excluding carboxylic acids is 1. The first-order valence-corrected chi connectivity index (χ1v) is 6.65. The Labute approximate surface area is 109 Å². The van der Waals surface area contributed by atoms with E-state index in [9.17, 15) is 9.18 Å². The highest BCUT2D eigenvalue weighted by molar-refractivity contribution is 9.10. The van der Waals surface area contributed by atoms with Crippen LogP contribution < -0.4 is 0 Å². The molecular formula is C13H15BrFNO. The Morgan fingerprint density at radius 2 is 2.35 bits per heavy atom. The van der Waals surface area contributed by atoms with Crippen molar-refractivity contribution in [2.45, 2.75) is 19.8 Å². The molecule has 0 aliphatic carbocycles. The van der Waals surface area contributed by atoms with Gasteiger partial charge in [-0.2, -0.15) is 0 Å². The van der Waals surface area contributed by atoms with Crippen molar-refractivity contribution in [2.75, 3.05) is 13.1 Å². The number of rotatable bonds is 2. The molecule has 4 heteroatoms. The van der Waals surface area contributed by atoms with Crippen LogP contribution in [0.1, 0.15) is 30.1 Å². The molecule has 1 heterocycles. The molecule has 92 valence electrons. The van der Waals surface area contributed by atoms with Crippen molar-refractivity contribution < 1.29 is 9.18 Å². The maximum Gasteiger partial charge on any atom is 0.255 e. The van der Waals surface area contributed by atoms with Crippen molar-refractivity contribution in [3.8, 4) is 0 Å². The van der Waals surface area contributed by atoms with Crippen LogP contribution in [0.2, 0.25) is 0 Å². The fourth-order valence-electron chi connectivity index (χ4n) is 2.18. The highest BCUT2D eigenvalue weighted by Crippen LogP contribution is 2.24. The Kier molecular flexibility index (Phi) is 3.82. The Morgan fingerprint density at radius 3 is 3.00 bits per heavy atom. The van der Waals surface area contributed by atoms with Gasteiger partial charge in [-0.1, -0.05) is 13.3 Å². The molecule has 0 radical (unpaired) electrons. The molecule has 1 amide bonds. The summed E-state index contributed by atoms with van der Waals surface area (Å²) in [5.74, 6) is 0.140. The zero-order valence-electron chi connectivity index (χ0n) is 9.75. The summed E-state index contributed by atoms with van der Waals surface area (Å²) in [6.07, 6.45) is 2.14. The normalized spacial score (nSPS) is 19.7. The predicted octanol–water partition coefficient (Wildman–Crippen LogP) is 3.46. The fraction of sp³-hybridized carbons (Fsp3) is 0.462. The zero-order chi connectivity index (χ0) is 12.4. The van der Waals surface area contributed by atoms with Gasteiger partial charge >= 0.3 is 0 Å². The van der Waals surface area contributed by atoms with Gasteiger partial charge in [-0.15, -0.1) is 0 Å². The number of hydrogen-bond acceptors (Lipinski definition) is 1. The molecule has 2 nitrogen and oxygen atoms in total. The third-order valence-electron chi connectivity index (χ3n) is 3.31. The van der Waals surface area contributed by atoms with Gasteiger partial charge < -0.3 is 4.90 Å². The Bertz CT molecular complexity index is 435. The molecule has 2 rings (SSSR count). The maximum atomic E-state index is 13.1. The van der Waals surface area contributed by atoms with Gasteiger partial charge in [-0.05, 0) is 46.5 Å². The lowest BCUT2D eigenvalue weighted by atomic mass is 10.1. The van der Waals surface area contributed by atoms with Gasteiger partial charge in [0.25, 0.3) is 5.91 Å². The standard InChI is InChI=1S/C13H15BrFNO/c1-2-9-5-6-16(8-9)13(17)11-7-10(15)3-4-12(11)14/h3-4,7,9H,2,5-6,8H2,1H3. The lowest BCUT2D eigenvalue weighted by Gasteiger charge is -2.17. The first-order valence-electron chi connectivity index (χ1n) is 5.86. The minimum Gasteiger partial charge on any atom is -0.338 e. The molecule has 0 N–H and O–H groups in total. The monoisotopic (exact) mass is 299 g/mol. The second kappa shape index (κ2) is 5.17. The van der Waals surface area contributed by atoms with Gasteiger partial charge in [0.2, 0.25) is 0 Å². The second-order valence-corrected chi connectivity index (χ2v) is 5.29. The largest absolute Gasteiger partial charge is 0.338 e. The average Bonchev–Trinajstić information content (AvgIpc) is 2.80. The smallest absolute Gasteiger partial charge is 0.255 e. The Morgan fingerprint density at radius 1 is 1.59 bits per heavy atom. The quantitative estimate of drug-likeness (QED) is 0.819. The van der Waals surface area contributed by atoms with Crippen molar-refractivity contribution in [2.24, 2.45) is 5.92 Å². The van der Waals surface area contributed by atoms with Crippen LogP contribution in [-0.2, 0) is 0 Å². The molecule has 0 spiro atoms. The minimum atomic E-state index is -0.372. The number of hydrogen-bond donors (Lipinski definition) is 0. The number of benzene rings is 1. The van der Waals surface area contributed by atoms with Gasteiger partial charge in [0.15, 0.2) is 0 Å². The molecule has 17 heavy (non-hydrogen) atoms. The van der Waals surface area contributed by atoms with Crippen LogP contribution >= 0.6 is 15.9 Å². The van der Waals surface area contributed by atoms with E-state index in [2.05, 4.69) is 22.9 Å². The van der Waals surface area contributed by atoms with Crippen molar-refractivity contribution >= 4 is 21.8 Å². The number of amides is 1. The summed E-state index contributed by atoms with van der Waals surface area (Å²) in [4.78, 5) is 14.0. The van der Waals surface area contributed by atoms with E-state index in [0.29, 0.717) is 16.0 Å². The van der Waals surface area contributed by atoms with Crippen molar-refractivity contribution in [3.63, 3.8) is 0 Å². The van der Waals surface area contributed by atoms with E-state index in [1.165, 1.54) is 12.1 Å². The first-order chi connectivity index (χ1) is 8.11. The molecule has 1 atom stereocenters.